The topological polar surface area (TPSA) is 34.1 Å². The van der Waals surface area contributed by atoms with Crippen molar-refractivity contribution in [2.75, 3.05) is 0 Å². The van der Waals surface area contributed by atoms with Crippen molar-refractivity contribution in [3.8, 4) is 0 Å². The summed E-state index contributed by atoms with van der Waals surface area (Å²) in [6, 6.07) is 18.5. The molecule has 0 bridgehead atoms. The Balaban J connectivity index is 2.17. The Morgan fingerprint density at radius 3 is 1.80 bits per heavy atom. The Hall–Kier alpha value is -1.61. The first-order valence-electron chi connectivity index (χ1n) is 7.02. The van der Waals surface area contributed by atoms with E-state index in [-0.39, 0.29) is 0 Å². The van der Waals surface area contributed by atoms with Crippen LogP contribution in [0.25, 0.3) is 0 Å². The third kappa shape index (κ3) is 1.97. The van der Waals surface area contributed by atoms with Crippen LogP contribution >= 0.6 is 0 Å². The summed E-state index contributed by atoms with van der Waals surface area (Å²) in [5, 5.41) is 0. The third-order valence-electron chi connectivity index (χ3n) is 4.28. The van der Waals surface area contributed by atoms with Crippen molar-refractivity contribution in [2.24, 2.45) is 0 Å². The molecule has 0 aromatic heterocycles. The van der Waals surface area contributed by atoms with Crippen LogP contribution in [0, 0.1) is 0 Å². The van der Waals surface area contributed by atoms with Gasteiger partial charge in [-0.05, 0) is 30.5 Å². The number of sulfone groups is 1. The molecule has 1 saturated carbocycles. The van der Waals surface area contributed by atoms with Crippen LogP contribution in [0.3, 0.4) is 0 Å². The predicted octanol–water partition coefficient (Wildman–Crippen LogP) is 3.93. The summed E-state index contributed by atoms with van der Waals surface area (Å²) in [5.41, 5.74) is 0.932. The molecule has 2 nitrogen and oxygen atoms in total. The van der Waals surface area contributed by atoms with Crippen LogP contribution in [0.2, 0.25) is 0 Å². The average Bonchev–Trinajstić information content (AvgIpc) is 3.00. The molecule has 0 unspecified atom stereocenters. The predicted molar refractivity (Wildman–Crippen MR) is 80.2 cm³/mol. The SMILES string of the molecule is O=S(=O)(c1ccccc1)C1(c2ccccc2)CCCC1. The molecule has 2 aromatic rings. The lowest BCUT2D eigenvalue weighted by molar-refractivity contribution is 0.523. The standard InChI is InChI=1S/C17H18O2S/c18-20(19,16-11-5-2-6-12-16)17(13-7-8-14-17)15-9-3-1-4-10-15/h1-6,9-12H,7-8,13-14H2. The minimum Gasteiger partial charge on any atom is -0.223 e. The lowest BCUT2D eigenvalue weighted by Crippen LogP contribution is -2.33. The van der Waals surface area contributed by atoms with Crippen molar-refractivity contribution in [3.05, 3.63) is 66.2 Å². The lowest BCUT2D eigenvalue weighted by atomic mass is 9.97. The van der Waals surface area contributed by atoms with Gasteiger partial charge in [-0.25, -0.2) is 8.42 Å². The number of hydrogen-bond donors (Lipinski definition) is 0. The van der Waals surface area contributed by atoms with Gasteiger partial charge in [0.25, 0.3) is 0 Å². The summed E-state index contributed by atoms with van der Waals surface area (Å²) >= 11 is 0. The molecule has 3 heteroatoms. The molecular formula is C17H18O2S. The van der Waals surface area contributed by atoms with Crippen LogP contribution in [0.1, 0.15) is 31.2 Å². The molecule has 0 radical (unpaired) electrons. The first-order chi connectivity index (χ1) is 9.67. The molecule has 104 valence electrons. The van der Waals surface area contributed by atoms with E-state index in [0.29, 0.717) is 17.7 Å². The molecule has 0 amide bonds. The van der Waals surface area contributed by atoms with Gasteiger partial charge in [-0.1, -0.05) is 61.4 Å². The Labute approximate surface area is 120 Å². The number of hydrogen-bond acceptors (Lipinski definition) is 2. The molecular weight excluding hydrogens is 268 g/mol. The van der Waals surface area contributed by atoms with Crippen LogP contribution in [0.4, 0.5) is 0 Å². The Bertz CT molecular complexity index is 669. The third-order valence-corrected chi connectivity index (χ3v) is 6.84. The average molecular weight is 286 g/mol. The molecule has 0 N–H and O–H groups in total. The molecule has 20 heavy (non-hydrogen) atoms. The van der Waals surface area contributed by atoms with Crippen LogP contribution < -0.4 is 0 Å². The fourth-order valence-corrected chi connectivity index (χ4v) is 5.46. The monoisotopic (exact) mass is 286 g/mol. The van der Waals surface area contributed by atoms with Crippen molar-refractivity contribution in [1.82, 2.24) is 0 Å². The van der Waals surface area contributed by atoms with Crippen molar-refractivity contribution in [1.29, 1.82) is 0 Å². The van der Waals surface area contributed by atoms with Gasteiger partial charge in [0.05, 0.1) is 4.90 Å². The second-order valence-electron chi connectivity index (χ2n) is 5.38. The molecule has 1 aliphatic carbocycles. The van der Waals surface area contributed by atoms with Gasteiger partial charge >= 0.3 is 0 Å². The summed E-state index contributed by atoms with van der Waals surface area (Å²) in [5.74, 6) is 0. The smallest absolute Gasteiger partial charge is 0.188 e. The fraction of sp³-hybridized carbons (Fsp3) is 0.294. The van der Waals surface area contributed by atoms with Gasteiger partial charge in [-0.15, -0.1) is 0 Å². The second kappa shape index (κ2) is 5.06. The van der Waals surface area contributed by atoms with E-state index in [1.807, 2.05) is 36.4 Å². The first kappa shape index (κ1) is 13.4. The molecule has 0 aliphatic heterocycles. The molecule has 1 aliphatic rings. The Kier molecular flexibility index (Phi) is 3.38. The van der Waals surface area contributed by atoms with Gasteiger partial charge in [0.1, 0.15) is 4.75 Å². The lowest BCUT2D eigenvalue weighted by Gasteiger charge is -2.29. The van der Waals surface area contributed by atoms with E-state index in [4.69, 9.17) is 0 Å². The maximum atomic E-state index is 13.2. The molecule has 2 aromatic carbocycles. The molecule has 1 fully saturated rings. The highest BCUT2D eigenvalue weighted by Gasteiger charge is 2.47. The van der Waals surface area contributed by atoms with Gasteiger partial charge in [-0.3, -0.25) is 0 Å². The van der Waals surface area contributed by atoms with E-state index in [9.17, 15) is 8.42 Å². The summed E-state index contributed by atoms with van der Waals surface area (Å²) in [6.45, 7) is 0. The van der Waals surface area contributed by atoms with Gasteiger partial charge in [-0.2, -0.15) is 0 Å². The van der Waals surface area contributed by atoms with E-state index in [2.05, 4.69) is 0 Å². The zero-order chi connectivity index (χ0) is 14.1. The van der Waals surface area contributed by atoms with Crippen LogP contribution in [0.5, 0.6) is 0 Å². The fourth-order valence-electron chi connectivity index (χ4n) is 3.23. The van der Waals surface area contributed by atoms with Crippen molar-refractivity contribution < 1.29 is 8.42 Å². The summed E-state index contributed by atoms with van der Waals surface area (Å²) < 4.78 is 25.6. The number of benzene rings is 2. The van der Waals surface area contributed by atoms with E-state index < -0.39 is 14.6 Å². The minimum absolute atomic E-state index is 0.436. The largest absolute Gasteiger partial charge is 0.223 e. The Morgan fingerprint density at radius 2 is 1.25 bits per heavy atom. The highest BCUT2D eigenvalue weighted by atomic mass is 32.2. The van der Waals surface area contributed by atoms with E-state index in [1.165, 1.54) is 0 Å². The first-order valence-corrected chi connectivity index (χ1v) is 8.50. The second-order valence-corrected chi connectivity index (χ2v) is 7.64. The van der Waals surface area contributed by atoms with Crippen LogP contribution in [0.15, 0.2) is 65.6 Å². The highest BCUT2D eigenvalue weighted by molar-refractivity contribution is 7.92. The summed E-state index contributed by atoms with van der Waals surface area (Å²) in [6.07, 6.45) is 3.38. The molecule has 3 rings (SSSR count). The summed E-state index contributed by atoms with van der Waals surface area (Å²) in [4.78, 5) is 0.436. The van der Waals surface area contributed by atoms with Crippen molar-refractivity contribution >= 4 is 9.84 Å². The van der Waals surface area contributed by atoms with E-state index >= 15 is 0 Å². The van der Waals surface area contributed by atoms with Gasteiger partial charge < -0.3 is 0 Å². The quantitative estimate of drug-likeness (QED) is 0.856. The molecule has 0 saturated heterocycles. The molecule has 0 spiro atoms. The normalized spacial score (nSPS) is 18.0. The van der Waals surface area contributed by atoms with E-state index in [1.54, 1.807) is 24.3 Å². The molecule has 0 atom stereocenters. The Morgan fingerprint density at radius 1 is 0.750 bits per heavy atom. The van der Waals surface area contributed by atoms with Gasteiger partial charge in [0, 0.05) is 0 Å². The van der Waals surface area contributed by atoms with Crippen molar-refractivity contribution in [2.45, 2.75) is 35.3 Å². The van der Waals surface area contributed by atoms with Gasteiger partial charge in [0.15, 0.2) is 9.84 Å². The molecule has 0 heterocycles. The maximum Gasteiger partial charge on any atom is 0.188 e. The maximum absolute atomic E-state index is 13.2. The zero-order valence-corrected chi connectivity index (χ0v) is 12.1. The van der Waals surface area contributed by atoms with E-state index in [0.717, 1.165) is 18.4 Å². The van der Waals surface area contributed by atoms with Gasteiger partial charge in [0.2, 0.25) is 0 Å². The van der Waals surface area contributed by atoms with Crippen LogP contribution in [-0.4, -0.2) is 8.42 Å². The summed E-state index contributed by atoms with van der Waals surface area (Å²) in [7, 11) is -3.35. The minimum atomic E-state index is -3.35. The zero-order valence-electron chi connectivity index (χ0n) is 11.3. The van der Waals surface area contributed by atoms with Crippen LogP contribution in [-0.2, 0) is 14.6 Å². The number of rotatable bonds is 3. The highest BCUT2D eigenvalue weighted by Crippen LogP contribution is 2.48. The van der Waals surface area contributed by atoms with Crippen molar-refractivity contribution in [3.63, 3.8) is 0 Å².